The standard InChI is InChI=1S/C63H42N2O2/c1-63(2)52-18-7-3-15-48(52)60-53(63)30-29-47-46-17-11-16-42(61(46)67-62(47)60)37-22-26-40(27-23-37)64-54-19-8-4-12-43(54)49-34-38(24-31-56(49)64)39-25-32-57-50(35-39)44-13-5-9-20-55(44)65(57)41-28-33-59-51(36-41)45-14-6-10-21-58(45)66-59/h3-9,11-20,22-36H,10,21H2,1-2H3. The third kappa shape index (κ3) is 5.07. The maximum Gasteiger partial charge on any atom is 0.143 e. The van der Waals surface area contributed by atoms with Crippen molar-refractivity contribution in [3.8, 4) is 44.8 Å². The molecule has 0 N–H and O–H groups in total. The van der Waals surface area contributed by atoms with Crippen molar-refractivity contribution in [2.45, 2.75) is 32.1 Å². The molecule has 0 saturated carbocycles. The van der Waals surface area contributed by atoms with E-state index in [4.69, 9.17) is 8.83 Å². The van der Waals surface area contributed by atoms with Gasteiger partial charge in [0, 0.05) is 77.6 Å². The minimum atomic E-state index is -0.0838. The maximum absolute atomic E-state index is 6.98. The van der Waals surface area contributed by atoms with Gasteiger partial charge in [0.1, 0.15) is 22.5 Å². The minimum Gasteiger partial charge on any atom is -0.460 e. The van der Waals surface area contributed by atoms with E-state index in [2.05, 4.69) is 217 Å². The second kappa shape index (κ2) is 13.4. The van der Waals surface area contributed by atoms with E-state index >= 15 is 0 Å². The van der Waals surface area contributed by atoms with E-state index in [0.717, 1.165) is 68.6 Å². The van der Waals surface area contributed by atoms with E-state index in [-0.39, 0.29) is 5.41 Å². The topological polar surface area (TPSA) is 36.1 Å². The molecule has 0 aliphatic heterocycles. The summed E-state index contributed by atoms with van der Waals surface area (Å²) in [7, 11) is 0. The number of hydrogen-bond acceptors (Lipinski definition) is 2. The summed E-state index contributed by atoms with van der Waals surface area (Å²) in [5.74, 6) is 1.09. The number of aryl methyl sites for hydroxylation is 1. The molecule has 4 heteroatoms. The van der Waals surface area contributed by atoms with Crippen LogP contribution < -0.4 is 0 Å². The number of para-hydroxylation sites is 3. The lowest BCUT2D eigenvalue weighted by Crippen LogP contribution is -2.14. The van der Waals surface area contributed by atoms with Gasteiger partial charge in [0.05, 0.1) is 22.1 Å². The first-order valence-electron chi connectivity index (χ1n) is 23.5. The average Bonchev–Trinajstić information content (AvgIpc) is 4.17. The fourth-order valence-corrected chi connectivity index (χ4v) is 12.0. The molecule has 0 unspecified atom stereocenters. The predicted octanol–water partition coefficient (Wildman–Crippen LogP) is 17.1. The van der Waals surface area contributed by atoms with E-state index in [1.54, 1.807) is 0 Å². The Morgan fingerprint density at radius 3 is 1.81 bits per heavy atom. The maximum atomic E-state index is 6.98. The van der Waals surface area contributed by atoms with Gasteiger partial charge in [-0.1, -0.05) is 141 Å². The van der Waals surface area contributed by atoms with E-state index in [0.29, 0.717) is 0 Å². The van der Waals surface area contributed by atoms with Gasteiger partial charge in [-0.25, -0.2) is 0 Å². The molecule has 0 bridgehead atoms. The summed E-state index contributed by atoms with van der Waals surface area (Å²) in [6.07, 6.45) is 6.46. The number of rotatable bonds is 4. The van der Waals surface area contributed by atoms with Crippen LogP contribution >= 0.6 is 0 Å². The lowest BCUT2D eigenvalue weighted by Gasteiger charge is -2.21. The summed E-state index contributed by atoms with van der Waals surface area (Å²) in [6.45, 7) is 4.65. The summed E-state index contributed by atoms with van der Waals surface area (Å²) in [5.41, 5.74) is 20.8. The monoisotopic (exact) mass is 858 g/mol. The summed E-state index contributed by atoms with van der Waals surface area (Å²) in [4.78, 5) is 0. The van der Waals surface area contributed by atoms with Gasteiger partial charge >= 0.3 is 0 Å². The Morgan fingerprint density at radius 1 is 0.433 bits per heavy atom. The third-order valence-corrected chi connectivity index (χ3v) is 15.2. The highest BCUT2D eigenvalue weighted by Gasteiger charge is 2.37. The SMILES string of the molecule is CC1(C)c2ccccc2-c2c1ccc1c2oc2c(-c3ccc(-n4c5ccccc5c5cc(-c6ccc7c(c6)c6ccccc6n7-c6ccc7oc8c(c7c6)C=CCC8)ccc54)cc3)cccc21. The Kier molecular flexibility index (Phi) is 7.37. The number of allylic oxidation sites excluding steroid dienone is 1. The molecule has 0 amide bonds. The third-order valence-electron chi connectivity index (χ3n) is 15.2. The van der Waals surface area contributed by atoms with E-state index in [9.17, 15) is 0 Å². The quantitative estimate of drug-likeness (QED) is 0.177. The lowest BCUT2D eigenvalue weighted by atomic mass is 9.82. The summed E-state index contributed by atoms with van der Waals surface area (Å²) >= 11 is 0. The number of benzene rings is 9. The smallest absolute Gasteiger partial charge is 0.143 e. The molecule has 4 aromatic heterocycles. The predicted molar refractivity (Wildman–Crippen MR) is 278 cm³/mol. The van der Waals surface area contributed by atoms with E-state index in [1.807, 2.05) is 0 Å². The number of aromatic nitrogens is 2. The molecule has 67 heavy (non-hydrogen) atoms. The van der Waals surface area contributed by atoms with Gasteiger partial charge in [-0.3, -0.25) is 0 Å². The second-order valence-corrected chi connectivity index (χ2v) is 19.1. The molecule has 0 radical (unpaired) electrons. The van der Waals surface area contributed by atoms with Crippen LogP contribution in [0.2, 0.25) is 0 Å². The molecule has 0 saturated heterocycles. The normalized spacial score (nSPS) is 14.1. The van der Waals surface area contributed by atoms with Crippen LogP contribution in [0.1, 0.15) is 42.7 Å². The van der Waals surface area contributed by atoms with Crippen LogP contribution in [0.4, 0.5) is 0 Å². The highest BCUT2D eigenvalue weighted by atomic mass is 16.3. The highest BCUT2D eigenvalue weighted by Crippen LogP contribution is 2.53. The molecule has 9 aromatic carbocycles. The summed E-state index contributed by atoms with van der Waals surface area (Å²) < 4.78 is 18.1. The zero-order chi connectivity index (χ0) is 44.1. The van der Waals surface area contributed by atoms with Crippen molar-refractivity contribution in [2.75, 3.05) is 0 Å². The highest BCUT2D eigenvalue weighted by molar-refractivity contribution is 6.16. The van der Waals surface area contributed by atoms with E-state index < -0.39 is 0 Å². The van der Waals surface area contributed by atoms with Gasteiger partial charge in [-0.15, -0.1) is 0 Å². The van der Waals surface area contributed by atoms with E-state index in [1.165, 1.54) is 87.9 Å². The fourth-order valence-electron chi connectivity index (χ4n) is 12.0. The fraction of sp³-hybridized carbons (Fsp3) is 0.0794. The zero-order valence-electron chi connectivity index (χ0n) is 37.1. The summed E-state index contributed by atoms with van der Waals surface area (Å²) in [6, 6.07) is 67.1. The van der Waals surface area contributed by atoms with Crippen molar-refractivity contribution in [2.24, 2.45) is 0 Å². The molecule has 2 aliphatic carbocycles. The molecule has 0 fully saturated rings. The van der Waals surface area contributed by atoms with Gasteiger partial charge in [0.2, 0.25) is 0 Å². The second-order valence-electron chi connectivity index (χ2n) is 19.1. The zero-order valence-corrected chi connectivity index (χ0v) is 37.1. The molecule has 316 valence electrons. The number of hydrogen-bond donors (Lipinski definition) is 0. The average molecular weight is 859 g/mol. The first-order valence-corrected chi connectivity index (χ1v) is 23.5. The molecule has 13 aromatic rings. The lowest BCUT2D eigenvalue weighted by molar-refractivity contribution is 0.546. The Bertz CT molecular complexity index is 4300. The molecule has 4 heterocycles. The van der Waals surface area contributed by atoms with Crippen LogP contribution in [0.5, 0.6) is 0 Å². The van der Waals surface area contributed by atoms with Gasteiger partial charge in [-0.05, 0) is 107 Å². The molecular formula is C63H42N2O2. The molecular weight excluding hydrogens is 817 g/mol. The van der Waals surface area contributed by atoms with Crippen molar-refractivity contribution in [3.05, 3.63) is 211 Å². The minimum absolute atomic E-state index is 0.0838. The van der Waals surface area contributed by atoms with Crippen LogP contribution in [0.25, 0.3) is 127 Å². The summed E-state index contributed by atoms with van der Waals surface area (Å²) in [5, 5.41) is 8.43. The molecule has 0 spiro atoms. The number of furan rings is 2. The molecule has 2 aliphatic rings. The number of fused-ring (bicyclic) bond motifs is 16. The molecule has 15 rings (SSSR count). The first-order chi connectivity index (χ1) is 33.0. The van der Waals surface area contributed by atoms with Gasteiger partial charge < -0.3 is 18.0 Å². The van der Waals surface area contributed by atoms with Crippen LogP contribution in [-0.4, -0.2) is 9.13 Å². The Balaban J connectivity index is 0.823. The Labute approximate surface area is 386 Å². The van der Waals surface area contributed by atoms with Crippen LogP contribution in [0, 0.1) is 0 Å². The Morgan fingerprint density at radius 2 is 1.04 bits per heavy atom. The van der Waals surface area contributed by atoms with Crippen LogP contribution in [-0.2, 0) is 11.8 Å². The Hall–Kier alpha value is -8.34. The van der Waals surface area contributed by atoms with Gasteiger partial charge in [-0.2, -0.15) is 0 Å². The van der Waals surface area contributed by atoms with Crippen molar-refractivity contribution in [1.82, 2.24) is 9.13 Å². The van der Waals surface area contributed by atoms with Crippen molar-refractivity contribution >= 4 is 82.6 Å². The largest absolute Gasteiger partial charge is 0.460 e. The molecule has 0 atom stereocenters. The van der Waals surface area contributed by atoms with Crippen molar-refractivity contribution in [1.29, 1.82) is 0 Å². The van der Waals surface area contributed by atoms with Crippen molar-refractivity contribution < 1.29 is 8.83 Å². The van der Waals surface area contributed by atoms with Crippen molar-refractivity contribution in [3.63, 3.8) is 0 Å². The van der Waals surface area contributed by atoms with Gasteiger partial charge in [0.25, 0.3) is 0 Å². The molecule has 4 nitrogen and oxygen atoms in total. The van der Waals surface area contributed by atoms with Crippen LogP contribution in [0.15, 0.2) is 197 Å². The number of nitrogens with zero attached hydrogens (tertiary/aromatic N) is 2. The van der Waals surface area contributed by atoms with Gasteiger partial charge in [0.15, 0.2) is 0 Å². The van der Waals surface area contributed by atoms with Crippen LogP contribution in [0.3, 0.4) is 0 Å². The first kappa shape index (κ1) is 36.9.